The van der Waals surface area contributed by atoms with Crippen LogP contribution >= 0.6 is 0 Å². The Morgan fingerprint density at radius 2 is 1.72 bits per heavy atom. The predicted molar refractivity (Wildman–Crippen MR) is 72.1 cm³/mol. The molecular formula is C14H24O3S. The second-order valence-electron chi connectivity index (χ2n) is 6.22. The fraction of sp³-hybridized carbons (Fsp3) is 0.929. The van der Waals surface area contributed by atoms with Crippen molar-refractivity contribution in [2.45, 2.75) is 57.6 Å². The van der Waals surface area contributed by atoms with Crippen LogP contribution in [0.25, 0.3) is 0 Å². The van der Waals surface area contributed by atoms with E-state index in [9.17, 15) is 13.2 Å². The number of hydrogen-bond donors (Lipinski definition) is 0. The molecule has 3 nitrogen and oxygen atoms in total. The molecule has 4 unspecified atom stereocenters. The van der Waals surface area contributed by atoms with Gasteiger partial charge in [0.1, 0.15) is 5.25 Å². The Balaban J connectivity index is 2.07. The molecular weight excluding hydrogens is 248 g/mol. The maximum Gasteiger partial charge on any atom is 0.160 e. The highest BCUT2D eigenvalue weighted by Gasteiger charge is 2.40. The molecule has 4 atom stereocenters. The third-order valence-electron chi connectivity index (χ3n) is 4.90. The smallest absolute Gasteiger partial charge is 0.160 e. The predicted octanol–water partition coefficient (Wildman–Crippen LogP) is 2.60. The van der Waals surface area contributed by atoms with Crippen molar-refractivity contribution in [2.75, 3.05) is 5.75 Å². The lowest BCUT2D eigenvalue weighted by Crippen LogP contribution is -2.41. The molecule has 0 aromatic heterocycles. The van der Waals surface area contributed by atoms with E-state index in [1.54, 1.807) is 0 Å². The van der Waals surface area contributed by atoms with Crippen LogP contribution in [0.15, 0.2) is 0 Å². The van der Waals surface area contributed by atoms with E-state index in [0.29, 0.717) is 18.3 Å². The summed E-state index contributed by atoms with van der Waals surface area (Å²) in [5.41, 5.74) is 0. The Kier molecular flexibility index (Phi) is 4.15. The minimum Gasteiger partial charge on any atom is -0.298 e. The molecule has 0 spiro atoms. The fourth-order valence-corrected chi connectivity index (χ4v) is 5.31. The summed E-state index contributed by atoms with van der Waals surface area (Å²) >= 11 is 0. The number of ketones is 1. The lowest BCUT2D eigenvalue weighted by molar-refractivity contribution is -0.124. The summed E-state index contributed by atoms with van der Waals surface area (Å²) in [7, 11) is -3.15. The van der Waals surface area contributed by atoms with E-state index in [4.69, 9.17) is 0 Å². The number of rotatable bonds is 2. The fourth-order valence-electron chi connectivity index (χ4n) is 3.34. The molecule has 2 rings (SSSR count). The van der Waals surface area contributed by atoms with Gasteiger partial charge in [-0.3, -0.25) is 4.79 Å². The van der Waals surface area contributed by atoms with E-state index in [0.717, 1.165) is 32.1 Å². The first kappa shape index (κ1) is 14.0. The number of carbonyl (C=O) groups is 1. The van der Waals surface area contributed by atoms with E-state index in [1.807, 2.05) is 0 Å². The lowest BCUT2D eigenvalue weighted by Gasteiger charge is -2.33. The lowest BCUT2D eigenvalue weighted by atomic mass is 9.73. The van der Waals surface area contributed by atoms with Crippen LogP contribution in [0.3, 0.4) is 0 Å². The van der Waals surface area contributed by atoms with Crippen molar-refractivity contribution in [3.05, 3.63) is 0 Å². The Morgan fingerprint density at radius 3 is 2.33 bits per heavy atom. The Hall–Kier alpha value is -0.380. The van der Waals surface area contributed by atoms with Gasteiger partial charge in [0.25, 0.3) is 0 Å². The molecule has 0 amide bonds. The van der Waals surface area contributed by atoms with Gasteiger partial charge in [-0.25, -0.2) is 8.42 Å². The minimum absolute atomic E-state index is 0.00549. The van der Waals surface area contributed by atoms with Crippen molar-refractivity contribution in [3.63, 3.8) is 0 Å². The number of carbonyl (C=O) groups excluding carboxylic acids is 1. The Morgan fingerprint density at radius 1 is 1.00 bits per heavy atom. The van der Waals surface area contributed by atoms with E-state index < -0.39 is 15.1 Å². The van der Waals surface area contributed by atoms with Crippen LogP contribution in [0.5, 0.6) is 0 Å². The second-order valence-corrected chi connectivity index (χ2v) is 8.52. The highest BCUT2D eigenvalue weighted by Crippen LogP contribution is 2.36. The number of Topliss-reactive ketones (excluding diaryl/α,β-unsaturated/α-hetero) is 1. The summed E-state index contributed by atoms with van der Waals surface area (Å²) in [6.45, 7) is 4.40. The topological polar surface area (TPSA) is 51.2 Å². The zero-order valence-corrected chi connectivity index (χ0v) is 12.2. The molecule has 2 fully saturated rings. The van der Waals surface area contributed by atoms with Gasteiger partial charge in [0, 0.05) is 5.92 Å². The molecule has 1 aliphatic carbocycles. The van der Waals surface area contributed by atoms with E-state index >= 15 is 0 Å². The Labute approximate surface area is 110 Å². The summed E-state index contributed by atoms with van der Waals surface area (Å²) in [5, 5.41) is -0.683. The quantitative estimate of drug-likeness (QED) is 0.776. The number of sulfone groups is 1. The highest BCUT2D eigenvalue weighted by atomic mass is 32.2. The highest BCUT2D eigenvalue weighted by molar-refractivity contribution is 7.92. The van der Waals surface area contributed by atoms with Crippen molar-refractivity contribution in [1.29, 1.82) is 0 Å². The van der Waals surface area contributed by atoms with Gasteiger partial charge in [0.15, 0.2) is 15.6 Å². The molecule has 18 heavy (non-hydrogen) atoms. The van der Waals surface area contributed by atoms with Crippen molar-refractivity contribution in [1.82, 2.24) is 0 Å². The molecule has 0 N–H and O–H groups in total. The van der Waals surface area contributed by atoms with Crippen LogP contribution in [-0.2, 0) is 14.6 Å². The van der Waals surface area contributed by atoms with Crippen molar-refractivity contribution in [2.24, 2.45) is 17.8 Å². The van der Waals surface area contributed by atoms with Gasteiger partial charge in [-0.05, 0) is 43.9 Å². The van der Waals surface area contributed by atoms with Crippen molar-refractivity contribution in [3.8, 4) is 0 Å². The molecule has 0 aromatic carbocycles. The maximum atomic E-state index is 12.4. The van der Waals surface area contributed by atoms with Crippen LogP contribution in [0.2, 0.25) is 0 Å². The first-order valence-corrected chi connectivity index (χ1v) is 8.88. The molecule has 2 aliphatic rings. The van der Waals surface area contributed by atoms with Crippen LogP contribution in [-0.4, -0.2) is 25.2 Å². The summed E-state index contributed by atoms with van der Waals surface area (Å²) < 4.78 is 24.0. The maximum absolute atomic E-state index is 12.4. The molecule has 1 saturated heterocycles. The third-order valence-corrected chi connectivity index (χ3v) is 7.09. The molecule has 0 radical (unpaired) electrons. The average molecular weight is 272 g/mol. The normalized spacial score (nSPS) is 40.3. The van der Waals surface area contributed by atoms with Gasteiger partial charge in [0.2, 0.25) is 0 Å². The van der Waals surface area contributed by atoms with Crippen LogP contribution in [0, 0.1) is 17.8 Å². The summed E-state index contributed by atoms with van der Waals surface area (Å²) in [6, 6.07) is 0. The molecule has 4 heteroatoms. The van der Waals surface area contributed by atoms with Crippen molar-refractivity contribution < 1.29 is 13.2 Å². The molecule has 1 aliphatic heterocycles. The van der Waals surface area contributed by atoms with Crippen LogP contribution in [0.4, 0.5) is 0 Å². The molecule has 0 bridgehead atoms. The Bertz CT molecular complexity index is 413. The zero-order chi connectivity index (χ0) is 13.3. The van der Waals surface area contributed by atoms with Gasteiger partial charge in [-0.2, -0.15) is 0 Å². The molecule has 0 aromatic rings. The van der Waals surface area contributed by atoms with Gasteiger partial charge in [-0.1, -0.05) is 20.3 Å². The third kappa shape index (κ3) is 2.79. The first-order valence-electron chi connectivity index (χ1n) is 7.17. The standard InChI is InChI=1S/C14H24O3S/c1-10-6-7-12(9-11(10)2)14(15)13-5-3-4-8-18(13,16)17/h10-13H,3-9H2,1-2H3. The largest absolute Gasteiger partial charge is 0.298 e. The number of hydrogen-bond acceptors (Lipinski definition) is 3. The van der Waals surface area contributed by atoms with Gasteiger partial charge < -0.3 is 0 Å². The monoisotopic (exact) mass is 272 g/mol. The minimum atomic E-state index is -3.15. The van der Waals surface area contributed by atoms with Gasteiger partial charge in [-0.15, -0.1) is 0 Å². The van der Waals surface area contributed by atoms with Crippen molar-refractivity contribution >= 4 is 15.6 Å². The van der Waals surface area contributed by atoms with Crippen LogP contribution in [0.1, 0.15) is 52.4 Å². The van der Waals surface area contributed by atoms with Crippen LogP contribution < -0.4 is 0 Å². The molecule has 1 saturated carbocycles. The first-order chi connectivity index (χ1) is 8.42. The van der Waals surface area contributed by atoms with E-state index in [1.165, 1.54) is 0 Å². The van der Waals surface area contributed by atoms with Gasteiger partial charge >= 0.3 is 0 Å². The van der Waals surface area contributed by atoms with Gasteiger partial charge in [0.05, 0.1) is 5.75 Å². The summed E-state index contributed by atoms with van der Waals surface area (Å²) in [4.78, 5) is 12.4. The summed E-state index contributed by atoms with van der Waals surface area (Å²) in [5.74, 6) is 1.43. The van der Waals surface area contributed by atoms with E-state index in [2.05, 4.69) is 13.8 Å². The second kappa shape index (κ2) is 5.32. The average Bonchev–Trinajstić information content (AvgIpc) is 2.31. The van der Waals surface area contributed by atoms with E-state index in [-0.39, 0.29) is 17.5 Å². The molecule has 104 valence electrons. The molecule has 1 heterocycles. The summed E-state index contributed by atoms with van der Waals surface area (Å²) in [6.07, 6.45) is 4.99. The SMILES string of the molecule is CC1CCC(C(=O)C2CCCCS2(=O)=O)CC1C. The zero-order valence-electron chi connectivity index (χ0n) is 11.4.